The second kappa shape index (κ2) is 20.5. The van der Waals surface area contributed by atoms with E-state index in [0.29, 0.717) is 6.42 Å². The van der Waals surface area contributed by atoms with Crippen molar-refractivity contribution in [1.82, 2.24) is 0 Å². The maximum atomic E-state index is 11.7. The van der Waals surface area contributed by atoms with Crippen LogP contribution in [0.2, 0.25) is 0 Å². The summed E-state index contributed by atoms with van der Waals surface area (Å²) in [6, 6.07) is 0. The molecule has 0 saturated carbocycles. The van der Waals surface area contributed by atoms with E-state index in [4.69, 9.17) is 14.9 Å². The summed E-state index contributed by atoms with van der Waals surface area (Å²) in [5.41, 5.74) is 0. The molecule has 0 saturated heterocycles. The van der Waals surface area contributed by atoms with E-state index >= 15 is 0 Å². The molecule has 0 aliphatic rings. The number of rotatable bonds is 20. The van der Waals surface area contributed by atoms with E-state index < -0.39 is 18.7 Å². The number of aliphatic hydroxyl groups excluding tert-OH is 2. The summed E-state index contributed by atoms with van der Waals surface area (Å²) >= 11 is 0. The Hall–Kier alpha value is -1.20. The van der Waals surface area contributed by atoms with Gasteiger partial charge in [-0.15, -0.1) is 0 Å². The van der Waals surface area contributed by atoms with Gasteiger partial charge in [-0.25, -0.2) is 0 Å². The SMILES string of the molecule is CCCCCCCC/C=C\CCCCCCCC(=O)CC(=O)OCC(O)CO. The zero-order valence-corrected chi connectivity index (χ0v) is 17.9. The van der Waals surface area contributed by atoms with Gasteiger partial charge in [0.05, 0.1) is 6.61 Å². The normalized spacial score (nSPS) is 12.4. The fourth-order valence-corrected chi connectivity index (χ4v) is 2.94. The monoisotopic (exact) mass is 398 g/mol. The molecule has 0 heterocycles. The number of unbranched alkanes of at least 4 members (excludes halogenated alkanes) is 11. The summed E-state index contributed by atoms with van der Waals surface area (Å²) in [6.07, 6.45) is 19.4. The predicted octanol–water partition coefficient (Wildman–Crippen LogP) is 4.88. The Morgan fingerprint density at radius 1 is 0.857 bits per heavy atom. The van der Waals surface area contributed by atoms with Crippen molar-refractivity contribution in [2.24, 2.45) is 0 Å². The molecule has 0 radical (unpaired) electrons. The second-order valence-electron chi connectivity index (χ2n) is 7.57. The highest BCUT2D eigenvalue weighted by Crippen LogP contribution is 2.10. The molecule has 0 bridgehead atoms. The standard InChI is InChI=1S/C23H42O5/c1-2-3-4-5-6-7-8-9-10-11-12-13-14-15-16-17-21(25)18-23(27)28-20-22(26)19-24/h9-10,22,24,26H,2-8,11-20H2,1H3/b10-9-. The van der Waals surface area contributed by atoms with Crippen molar-refractivity contribution in [3.05, 3.63) is 12.2 Å². The molecule has 0 aromatic heterocycles. The van der Waals surface area contributed by atoms with Gasteiger partial charge in [-0.3, -0.25) is 9.59 Å². The highest BCUT2D eigenvalue weighted by atomic mass is 16.5. The van der Waals surface area contributed by atoms with Crippen molar-refractivity contribution in [3.8, 4) is 0 Å². The Labute approximate surface area is 171 Å². The first-order valence-corrected chi connectivity index (χ1v) is 11.2. The van der Waals surface area contributed by atoms with E-state index in [1.807, 2.05) is 0 Å². The van der Waals surface area contributed by atoms with Crippen LogP contribution in [0.1, 0.15) is 103 Å². The van der Waals surface area contributed by atoms with E-state index in [0.717, 1.165) is 25.7 Å². The van der Waals surface area contributed by atoms with Crippen LogP contribution in [0.25, 0.3) is 0 Å². The maximum Gasteiger partial charge on any atom is 0.313 e. The fourth-order valence-electron chi connectivity index (χ4n) is 2.94. The minimum atomic E-state index is -1.08. The molecule has 2 N–H and O–H groups in total. The van der Waals surface area contributed by atoms with Crippen molar-refractivity contribution in [2.75, 3.05) is 13.2 Å². The van der Waals surface area contributed by atoms with E-state index in [1.54, 1.807) is 0 Å². The third-order valence-corrected chi connectivity index (χ3v) is 4.71. The lowest BCUT2D eigenvalue weighted by Gasteiger charge is -2.08. The number of hydrogen-bond donors (Lipinski definition) is 2. The minimum absolute atomic E-state index is 0.124. The van der Waals surface area contributed by atoms with E-state index in [2.05, 4.69) is 19.1 Å². The van der Waals surface area contributed by atoms with Crippen LogP contribution in [0.3, 0.4) is 0 Å². The topological polar surface area (TPSA) is 83.8 Å². The summed E-state index contributed by atoms with van der Waals surface area (Å²) in [7, 11) is 0. The molecule has 0 spiro atoms. The number of allylic oxidation sites excluding steroid dienone is 2. The Kier molecular flexibility index (Phi) is 19.7. The molecular weight excluding hydrogens is 356 g/mol. The summed E-state index contributed by atoms with van der Waals surface area (Å²) in [6.45, 7) is 1.52. The van der Waals surface area contributed by atoms with E-state index in [-0.39, 0.29) is 18.8 Å². The molecule has 0 aromatic rings. The van der Waals surface area contributed by atoms with Crippen LogP contribution in [-0.2, 0) is 14.3 Å². The molecule has 5 heteroatoms. The lowest BCUT2D eigenvalue weighted by Crippen LogP contribution is -2.23. The summed E-state index contributed by atoms with van der Waals surface area (Å²) in [4.78, 5) is 23.1. The van der Waals surface area contributed by atoms with Gasteiger partial charge in [0.1, 0.15) is 24.9 Å². The number of carbonyl (C=O) groups excluding carboxylic acids is 2. The number of ether oxygens (including phenoxy) is 1. The van der Waals surface area contributed by atoms with Crippen LogP contribution in [0.4, 0.5) is 0 Å². The van der Waals surface area contributed by atoms with Crippen molar-refractivity contribution in [1.29, 1.82) is 0 Å². The first kappa shape index (κ1) is 26.8. The lowest BCUT2D eigenvalue weighted by molar-refractivity contribution is -0.149. The zero-order chi connectivity index (χ0) is 20.9. The van der Waals surface area contributed by atoms with Gasteiger partial charge in [0, 0.05) is 6.42 Å². The second-order valence-corrected chi connectivity index (χ2v) is 7.57. The minimum Gasteiger partial charge on any atom is -0.463 e. The number of Topliss-reactive ketones (excluding diaryl/α,β-unsaturated/α-hetero) is 1. The summed E-state index contributed by atoms with van der Waals surface area (Å²) < 4.78 is 4.72. The smallest absolute Gasteiger partial charge is 0.313 e. The molecule has 164 valence electrons. The third kappa shape index (κ3) is 19.6. The van der Waals surface area contributed by atoms with Crippen LogP contribution in [-0.4, -0.2) is 41.3 Å². The van der Waals surface area contributed by atoms with Crippen molar-refractivity contribution in [3.63, 3.8) is 0 Å². The molecule has 0 aliphatic carbocycles. The quantitative estimate of drug-likeness (QED) is 0.132. The van der Waals surface area contributed by atoms with Crippen LogP contribution < -0.4 is 0 Å². The molecule has 28 heavy (non-hydrogen) atoms. The average Bonchev–Trinajstić information content (AvgIpc) is 2.69. The predicted molar refractivity (Wildman–Crippen MR) is 113 cm³/mol. The van der Waals surface area contributed by atoms with E-state index in [1.165, 1.54) is 57.8 Å². The molecule has 0 amide bonds. The number of aliphatic hydroxyl groups is 2. The first-order valence-electron chi connectivity index (χ1n) is 11.2. The Bertz CT molecular complexity index is 406. The largest absolute Gasteiger partial charge is 0.463 e. The number of carbonyl (C=O) groups is 2. The molecule has 0 fully saturated rings. The van der Waals surface area contributed by atoms with Crippen molar-refractivity contribution < 1.29 is 24.5 Å². The molecule has 1 atom stereocenters. The number of ketones is 1. The molecular formula is C23H42O5. The van der Waals surface area contributed by atoms with Gasteiger partial charge in [0.2, 0.25) is 0 Å². The molecule has 0 rings (SSSR count). The van der Waals surface area contributed by atoms with Gasteiger partial charge in [0.25, 0.3) is 0 Å². The van der Waals surface area contributed by atoms with Crippen LogP contribution in [0, 0.1) is 0 Å². The van der Waals surface area contributed by atoms with Gasteiger partial charge in [-0.2, -0.15) is 0 Å². The Balaban J connectivity index is 3.37. The lowest BCUT2D eigenvalue weighted by atomic mass is 10.1. The highest BCUT2D eigenvalue weighted by molar-refractivity contribution is 5.95. The van der Waals surface area contributed by atoms with Crippen LogP contribution in [0.15, 0.2) is 12.2 Å². The van der Waals surface area contributed by atoms with Crippen molar-refractivity contribution >= 4 is 11.8 Å². The third-order valence-electron chi connectivity index (χ3n) is 4.71. The van der Waals surface area contributed by atoms with Crippen molar-refractivity contribution in [2.45, 2.75) is 109 Å². The van der Waals surface area contributed by atoms with Crippen LogP contribution >= 0.6 is 0 Å². The molecule has 0 aliphatic heterocycles. The molecule has 5 nitrogen and oxygen atoms in total. The molecule has 0 aromatic carbocycles. The van der Waals surface area contributed by atoms with E-state index in [9.17, 15) is 9.59 Å². The van der Waals surface area contributed by atoms with Crippen LogP contribution in [0.5, 0.6) is 0 Å². The fraction of sp³-hybridized carbons (Fsp3) is 0.826. The summed E-state index contributed by atoms with van der Waals surface area (Å²) in [5, 5.41) is 17.7. The maximum absolute atomic E-state index is 11.7. The van der Waals surface area contributed by atoms with Gasteiger partial charge in [-0.05, 0) is 32.1 Å². The highest BCUT2D eigenvalue weighted by Gasteiger charge is 2.12. The number of esters is 1. The Morgan fingerprint density at radius 2 is 1.39 bits per heavy atom. The molecule has 1 unspecified atom stereocenters. The Morgan fingerprint density at radius 3 is 1.96 bits per heavy atom. The average molecular weight is 399 g/mol. The van der Waals surface area contributed by atoms with Gasteiger partial charge < -0.3 is 14.9 Å². The van der Waals surface area contributed by atoms with Gasteiger partial charge in [0.15, 0.2) is 0 Å². The van der Waals surface area contributed by atoms with Gasteiger partial charge >= 0.3 is 5.97 Å². The zero-order valence-electron chi connectivity index (χ0n) is 17.9. The summed E-state index contributed by atoms with van der Waals surface area (Å²) in [5.74, 6) is -0.758. The number of hydrogen-bond acceptors (Lipinski definition) is 5. The first-order chi connectivity index (χ1) is 13.6. The van der Waals surface area contributed by atoms with Gasteiger partial charge in [-0.1, -0.05) is 70.4 Å².